The van der Waals surface area contributed by atoms with Crippen molar-refractivity contribution in [1.29, 1.82) is 0 Å². The predicted molar refractivity (Wildman–Crippen MR) is 68.9 cm³/mol. The topological polar surface area (TPSA) is 46.3 Å². The number of aromatic nitrogens is 4. The highest BCUT2D eigenvalue weighted by Crippen LogP contribution is 2.52. The fourth-order valence-corrected chi connectivity index (χ4v) is 3.09. The molecule has 5 nitrogen and oxygen atoms in total. The average Bonchev–Trinajstić information content (AvgIpc) is 3.04. The summed E-state index contributed by atoms with van der Waals surface area (Å²) in [4.78, 5) is 2.20. The summed E-state index contributed by atoms with van der Waals surface area (Å²) >= 11 is 0. The number of anilines is 1. The van der Waals surface area contributed by atoms with Crippen LogP contribution in [0, 0.1) is 5.41 Å². The Morgan fingerprint density at radius 1 is 1.15 bits per heavy atom. The zero-order chi connectivity index (χ0) is 13.7. The van der Waals surface area contributed by atoms with E-state index in [0.29, 0.717) is 11.1 Å². The molecule has 1 saturated heterocycles. The van der Waals surface area contributed by atoms with Crippen molar-refractivity contribution in [3.63, 3.8) is 0 Å². The first kappa shape index (κ1) is 12.0. The minimum absolute atomic E-state index is 0.363. The normalized spacial score (nSPS) is 21.1. The number of halogens is 2. The second-order valence-corrected chi connectivity index (χ2v) is 5.85. The molecule has 2 aromatic rings. The number of hydrogen-bond acceptors (Lipinski definition) is 4. The van der Waals surface area contributed by atoms with E-state index in [4.69, 9.17) is 0 Å². The molecule has 2 aromatic heterocycles. The van der Waals surface area contributed by atoms with E-state index >= 15 is 0 Å². The zero-order valence-electron chi connectivity index (χ0n) is 11.0. The Labute approximate surface area is 114 Å². The third-order valence-corrected chi connectivity index (χ3v) is 4.41. The van der Waals surface area contributed by atoms with Gasteiger partial charge in [0.2, 0.25) is 5.82 Å². The van der Waals surface area contributed by atoms with Gasteiger partial charge in [0.15, 0.2) is 5.65 Å². The van der Waals surface area contributed by atoms with Gasteiger partial charge in [0.1, 0.15) is 5.82 Å². The van der Waals surface area contributed by atoms with Gasteiger partial charge in [0, 0.05) is 13.1 Å². The SMILES string of the molecule is FC(F)c1nnc2ccc(N3CCCC4(CC4)C3)nn12. The summed E-state index contributed by atoms with van der Waals surface area (Å²) in [7, 11) is 0. The molecule has 0 N–H and O–H groups in total. The molecule has 20 heavy (non-hydrogen) atoms. The van der Waals surface area contributed by atoms with Gasteiger partial charge in [-0.3, -0.25) is 0 Å². The van der Waals surface area contributed by atoms with E-state index < -0.39 is 6.43 Å². The summed E-state index contributed by atoms with van der Waals surface area (Å²) < 4.78 is 26.9. The van der Waals surface area contributed by atoms with Gasteiger partial charge in [0.05, 0.1) is 0 Å². The third-order valence-electron chi connectivity index (χ3n) is 4.41. The summed E-state index contributed by atoms with van der Waals surface area (Å²) in [6, 6.07) is 3.55. The van der Waals surface area contributed by atoms with Gasteiger partial charge >= 0.3 is 0 Å². The Morgan fingerprint density at radius 2 is 2.00 bits per heavy atom. The van der Waals surface area contributed by atoms with Gasteiger partial charge in [-0.15, -0.1) is 15.3 Å². The Morgan fingerprint density at radius 3 is 2.75 bits per heavy atom. The number of alkyl halides is 2. The lowest BCUT2D eigenvalue weighted by molar-refractivity contribution is 0.137. The Balaban J connectivity index is 1.70. The van der Waals surface area contributed by atoms with Gasteiger partial charge < -0.3 is 4.90 Å². The molecule has 1 aliphatic carbocycles. The first-order chi connectivity index (χ1) is 9.67. The summed E-state index contributed by atoms with van der Waals surface area (Å²) in [5.41, 5.74) is 0.829. The molecule has 3 heterocycles. The molecule has 0 bridgehead atoms. The molecule has 0 unspecified atom stereocenters. The van der Waals surface area contributed by atoms with Crippen LogP contribution < -0.4 is 4.90 Å². The summed E-state index contributed by atoms with van der Waals surface area (Å²) in [6.07, 6.45) is 2.31. The Bertz CT molecular complexity index is 649. The van der Waals surface area contributed by atoms with Crippen molar-refractivity contribution in [3.05, 3.63) is 18.0 Å². The van der Waals surface area contributed by atoms with Crippen molar-refractivity contribution in [2.75, 3.05) is 18.0 Å². The number of rotatable bonds is 2. The van der Waals surface area contributed by atoms with Gasteiger partial charge in [-0.2, -0.15) is 4.52 Å². The Hall–Kier alpha value is -1.79. The van der Waals surface area contributed by atoms with Crippen LogP contribution in [0.5, 0.6) is 0 Å². The predicted octanol–water partition coefficient (Wildman–Crippen LogP) is 2.44. The number of hydrogen-bond donors (Lipinski definition) is 0. The van der Waals surface area contributed by atoms with Crippen molar-refractivity contribution < 1.29 is 8.78 Å². The second kappa shape index (κ2) is 4.10. The van der Waals surface area contributed by atoms with Crippen molar-refractivity contribution >= 4 is 11.5 Å². The van der Waals surface area contributed by atoms with Crippen LogP contribution in [0.15, 0.2) is 12.1 Å². The fraction of sp³-hybridized carbons (Fsp3) is 0.615. The number of nitrogens with zero attached hydrogens (tertiary/aromatic N) is 5. The zero-order valence-corrected chi connectivity index (χ0v) is 11.0. The van der Waals surface area contributed by atoms with E-state index in [1.165, 1.54) is 19.3 Å². The van der Waals surface area contributed by atoms with Gasteiger partial charge in [0.25, 0.3) is 6.43 Å². The summed E-state index contributed by atoms with van der Waals surface area (Å²) in [5, 5.41) is 11.5. The maximum absolute atomic E-state index is 12.9. The van der Waals surface area contributed by atoms with E-state index in [0.717, 1.165) is 29.8 Å². The molecule has 0 radical (unpaired) electrons. The fourth-order valence-electron chi connectivity index (χ4n) is 3.09. The molecule has 4 rings (SSSR count). The number of fused-ring (bicyclic) bond motifs is 1. The average molecular weight is 279 g/mol. The maximum Gasteiger partial charge on any atom is 0.299 e. The lowest BCUT2D eigenvalue weighted by Crippen LogP contribution is -2.37. The largest absolute Gasteiger partial charge is 0.355 e. The van der Waals surface area contributed by atoms with Gasteiger partial charge in [-0.1, -0.05) is 0 Å². The molecule has 1 saturated carbocycles. The molecule has 2 aliphatic rings. The molecule has 1 aliphatic heterocycles. The third kappa shape index (κ3) is 1.83. The highest BCUT2D eigenvalue weighted by atomic mass is 19.3. The van der Waals surface area contributed by atoms with Crippen LogP contribution in [0.25, 0.3) is 5.65 Å². The van der Waals surface area contributed by atoms with Crippen LogP contribution in [0.4, 0.5) is 14.6 Å². The van der Waals surface area contributed by atoms with Gasteiger partial charge in [-0.25, -0.2) is 8.78 Å². The van der Waals surface area contributed by atoms with Crippen molar-refractivity contribution in [2.24, 2.45) is 5.41 Å². The lowest BCUT2D eigenvalue weighted by atomic mass is 9.95. The Kier molecular flexibility index (Phi) is 2.46. The van der Waals surface area contributed by atoms with Crippen LogP contribution in [0.3, 0.4) is 0 Å². The van der Waals surface area contributed by atoms with Crippen LogP contribution in [-0.4, -0.2) is 32.9 Å². The molecule has 0 amide bonds. The van der Waals surface area contributed by atoms with Crippen molar-refractivity contribution in [1.82, 2.24) is 19.8 Å². The van der Waals surface area contributed by atoms with Crippen molar-refractivity contribution in [3.8, 4) is 0 Å². The molecule has 1 spiro atoms. The molecule has 7 heteroatoms. The minimum atomic E-state index is -2.66. The molecule has 0 aromatic carbocycles. The molecule has 0 atom stereocenters. The van der Waals surface area contributed by atoms with Crippen LogP contribution in [0.2, 0.25) is 0 Å². The summed E-state index contributed by atoms with van der Waals surface area (Å²) in [5.74, 6) is 0.352. The van der Waals surface area contributed by atoms with Gasteiger partial charge in [-0.05, 0) is 43.2 Å². The van der Waals surface area contributed by atoms with E-state index in [2.05, 4.69) is 20.2 Å². The summed E-state index contributed by atoms with van der Waals surface area (Å²) in [6.45, 7) is 1.92. The molecule has 106 valence electrons. The monoisotopic (exact) mass is 279 g/mol. The van der Waals surface area contributed by atoms with Crippen LogP contribution in [-0.2, 0) is 0 Å². The maximum atomic E-state index is 12.9. The highest BCUT2D eigenvalue weighted by molar-refractivity contribution is 5.46. The van der Waals surface area contributed by atoms with Crippen molar-refractivity contribution in [2.45, 2.75) is 32.1 Å². The lowest BCUT2D eigenvalue weighted by Gasteiger charge is -2.33. The first-order valence-corrected chi connectivity index (χ1v) is 6.92. The first-order valence-electron chi connectivity index (χ1n) is 6.92. The van der Waals surface area contributed by atoms with E-state index in [1.807, 2.05) is 6.07 Å². The minimum Gasteiger partial charge on any atom is -0.355 e. The standard InChI is InChI=1S/C13H15F2N5/c14-11(15)12-17-16-9-2-3-10(18-20(9)12)19-7-1-4-13(8-19)5-6-13/h2-3,11H,1,4-8H2. The molecular formula is C13H15F2N5. The second-order valence-electron chi connectivity index (χ2n) is 5.85. The van der Waals surface area contributed by atoms with Crippen LogP contribution in [0.1, 0.15) is 37.9 Å². The van der Waals surface area contributed by atoms with E-state index in [9.17, 15) is 8.78 Å². The van der Waals surface area contributed by atoms with E-state index in [1.54, 1.807) is 6.07 Å². The highest BCUT2D eigenvalue weighted by Gasteiger charge is 2.45. The van der Waals surface area contributed by atoms with Crippen LogP contribution >= 0.6 is 0 Å². The van der Waals surface area contributed by atoms with E-state index in [-0.39, 0.29) is 5.82 Å². The quantitative estimate of drug-likeness (QED) is 0.847. The molecule has 2 fully saturated rings. The smallest absolute Gasteiger partial charge is 0.299 e. The number of piperidine rings is 1. The molecular weight excluding hydrogens is 264 g/mol.